The Labute approximate surface area is 89.3 Å². The van der Waals surface area contributed by atoms with Crippen molar-refractivity contribution in [3.8, 4) is 0 Å². The number of halogens is 2. The van der Waals surface area contributed by atoms with Gasteiger partial charge in [0.15, 0.2) is 0 Å². The second kappa shape index (κ2) is 4.71. The largest absolute Gasteiger partial charge is 0.330 e. The molecule has 0 aliphatic heterocycles. The zero-order valence-electron chi connectivity index (χ0n) is 9.13. The summed E-state index contributed by atoms with van der Waals surface area (Å²) in [7, 11) is 0. The molecule has 1 aromatic rings. The molecule has 15 heavy (non-hydrogen) atoms. The second-order valence-corrected chi connectivity index (χ2v) is 3.99. The summed E-state index contributed by atoms with van der Waals surface area (Å²) in [6, 6.07) is 6.57. The molecule has 84 valence electrons. The summed E-state index contributed by atoms with van der Waals surface area (Å²) in [5.41, 5.74) is 6.45. The first-order chi connectivity index (χ1) is 6.95. The minimum atomic E-state index is -2.77. The highest BCUT2D eigenvalue weighted by atomic mass is 19.3. The zero-order valence-corrected chi connectivity index (χ0v) is 9.13. The van der Waals surface area contributed by atoms with Crippen LogP contribution >= 0.6 is 0 Å². The van der Waals surface area contributed by atoms with Crippen molar-refractivity contribution in [2.75, 3.05) is 6.54 Å². The highest BCUT2D eigenvalue weighted by Crippen LogP contribution is 2.29. The molecule has 2 N–H and O–H groups in total. The van der Waals surface area contributed by atoms with Gasteiger partial charge in [-0.3, -0.25) is 0 Å². The molecule has 1 atom stereocenters. The van der Waals surface area contributed by atoms with E-state index in [1.54, 1.807) is 12.1 Å². The van der Waals surface area contributed by atoms with E-state index in [0.717, 1.165) is 18.9 Å². The number of benzene rings is 1. The molecule has 3 heteroatoms. The molecule has 0 heterocycles. The molecule has 0 saturated heterocycles. The smallest absolute Gasteiger partial charge is 0.270 e. The van der Waals surface area contributed by atoms with E-state index in [-0.39, 0.29) is 11.5 Å². The van der Waals surface area contributed by atoms with Gasteiger partial charge in [-0.25, -0.2) is 8.78 Å². The molecule has 1 rings (SSSR count). The van der Waals surface area contributed by atoms with Crippen LogP contribution in [0.15, 0.2) is 24.3 Å². The van der Waals surface area contributed by atoms with Crippen LogP contribution < -0.4 is 5.73 Å². The van der Waals surface area contributed by atoms with Gasteiger partial charge in [0.2, 0.25) is 0 Å². The van der Waals surface area contributed by atoms with Crippen molar-refractivity contribution in [1.29, 1.82) is 0 Å². The molecule has 0 spiro atoms. The minimum absolute atomic E-state index is 0.0730. The van der Waals surface area contributed by atoms with Crippen LogP contribution in [0.4, 0.5) is 8.78 Å². The zero-order chi connectivity index (χ0) is 11.5. The van der Waals surface area contributed by atoms with Crippen LogP contribution in [0.5, 0.6) is 0 Å². The normalized spacial score (nSPS) is 13.9. The van der Waals surface area contributed by atoms with E-state index in [1.165, 1.54) is 6.07 Å². The van der Waals surface area contributed by atoms with E-state index in [0.29, 0.717) is 6.54 Å². The molecular formula is C12H17F2N. The number of hydrogen-bond acceptors (Lipinski definition) is 1. The highest BCUT2D eigenvalue weighted by molar-refractivity contribution is 5.28. The summed E-state index contributed by atoms with van der Waals surface area (Å²) >= 11 is 0. The lowest BCUT2D eigenvalue weighted by Gasteiger charge is -2.15. The van der Waals surface area contributed by atoms with Gasteiger partial charge in [0.1, 0.15) is 0 Å². The molecule has 1 unspecified atom stereocenters. The summed E-state index contributed by atoms with van der Waals surface area (Å²) in [6.45, 7) is 3.49. The topological polar surface area (TPSA) is 26.0 Å². The quantitative estimate of drug-likeness (QED) is 0.816. The third-order valence-electron chi connectivity index (χ3n) is 2.56. The molecule has 0 amide bonds. The molecule has 1 nitrogen and oxygen atoms in total. The average Bonchev–Trinajstić information content (AvgIpc) is 2.17. The first kappa shape index (κ1) is 12.1. The van der Waals surface area contributed by atoms with Crippen LogP contribution in [0.1, 0.15) is 37.3 Å². The Morgan fingerprint density at radius 3 is 2.60 bits per heavy atom. The van der Waals surface area contributed by atoms with E-state index in [2.05, 4.69) is 0 Å². The molecule has 0 radical (unpaired) electrons. The van der Waals surface area contributed by atoms with Crippen molar-refractivity contribution in [1.82, 2.24) is 0 Å². The highest BCUT2D eigenvalue weighted by Gasteiger charge is 2.24. The summed E-state index contributed by atoms with van der Waals surface area (Å²) in [6.07, 6.45) is 0.818. The maximum atomic E-state index is 13.1. The Hall–Kier alpha value is -0.960. The molecule has 0 aliphatic carbocycles. The fourth-order valence-electron chi connectivity index (χ4n) is 1.53. The van der Waals surface area contributed by atoms with Gasteiger partial charge >= 0.3 is 0 Å². The summed E-state index contributed by atoms with van der Waals surface area (Å²) in [4.78, 5) is 0. The van der Waals surface area contributed by atoms with Crippen molar-refractivity contribution in [3.05, 3.63) is 35.4 Å². The molecule has 0 saturated carbocycles. The first-order valence-electron chi connectivity index (χ1n) is 5.13. The summed E-state index contributed by atoms with van der Waals surface area (Å²) < 4.78 is 26.1. The Morgan fingerprint density at radius 2 is 2.07 bits per heavy atom. The van der Waals surface area contributed by atoms with Crippen LogP contribution in [-0.2, 0) is 5.92 Å². The van der Waals surface area contributed by atoms with Gasteiger partial charge in [-0.1, -0.05) is 25.1 Å². The first-order valence-corrected chi connectivity index (χ1v) is 5.13. The van der Waals surface area contributed by atoms with Crippen LogP contribution in [-0.4, -0.2) is 6.54 Å². The molecule has 0 aliphatic rings. The standard InChI is InChI=1S/C12H17F2N/c1-9(6-7-15)10-4-3-5-11(8-10)12(2,13)14/h3-5,8-9H,6-7,15H2,1-2H3. The van der Waals surface area contributed by atoms with Crippen LogP contribution in [0, 0.1) is 0 Å². The lowest BCUT2D eigenvalue weighted by Crippen LogP contribution is -2.09. The lowest BCUT2D eigenvalue weighted by atomic mass is 9.95. The third kappa shape index (κ3) is 3.27. The number of nitrogens with two attached hydrogens (primary N) is 1. The van der Waals surface area contributed by atoms with E-state index in [1.807, 2.05) is 13.0 Å². The van der Waals surface area contributed by atoms with Gasteiger partial charge in [-0.15, -0.1) is 0 Å². The minimum Gasteiger partial charge on any atom is -0.330 e. The maximum absolute atomic E-state index is 13.1. The van der Waals surface area contributed by atoms with Crippen molar-refractivity contribution in [2.24, 2.45) is 5.73 Å². The van der Waals surface area contributed by atoms with E-state index in [4.69, 9.17) is 5.73 Å². The fourth-order valence-corrected chi connectivity index (χ4v) is 1.53. The van der Waals surface area contributed by atoms with Gasteiger partial charge < -0.3 is 5.73 Å². The maximum Gasteiger partial charge on any atom is 0.270 e. The lowest BCUT2D eigenvalue weighted by molar-refractivity contribution is 0.0174. The van der Waals surface area contributed by atoms with Crippen molar-refractivity contribution < 1.29 is 8.78 Å². The summed E-state index contributed by atoms with van der Waals surface area (Å²) in [5.74, 6) is -2.53. The Morgan fingerprint density at radius 1 is 1.40 bits per heavy atom. The molecule has 0 aromatic heterocycles. The van der Waals surface area contributed by atoms with Gasteiger partial charge in [-0.05, 0) is 30.5 Å². The van der Waals surface area contributed by atoms with Crippen molar-refractivity contribution in [3.63, 3.8) is 0 Å². The molecule has 0 bridgehead atoms. The van der Waals surface area contributed by atoms with Gasteiger partial charge in [-0.2, -0.15) is 0 Å². The van der Waals surface area contributed by atoms with Gasteiger partial charge in [0.25, 0.3) is 5.92 Å². The van der Waals surface area contributed by atoms with Crippen molar-refractivity contribution in [2.45, 2.75) is 32.1 Å². The Kier molecular flexibility index (Phi) is 3.80. The number of alkyl halides is 2. The van der Waals surface area contributed by atoms with Crippen LogP contribution in [0.2, 0.25) is 0 Å². The fraction of sp³-hybridized carbons (Fsp3) is 0.500. The van der Waals surface area contributed by atoms with Crippen molar-refractivity contribution >= 4 is 0 Å². The predicted octanol–water partition coefficient (Wildman–Crippen LogP) is 3.25. The monoisotopic (exact) mass is 213 g/mol. The van der Waals surface area contributed by atoms with Crippen LogP contribution in [0.3, 0.4) is 0 Å². The number of hydrogen-bond donors (Lipinski definition) is 1. The van der Waals surface area contributed by atoms with E-state index >= 15 is 0 Å². The Bertz CT molecular complexity index is 318. The molecule has 0 fully saturated rings. The molecular weight excluding hydrogens is 196 g/mol. The van der Waals surface area contributed by atoms with Gasteiger partial charge in [0.05, 0.1) is 0 Å². The van der Waals surface area contributed by atoms with E-state index < -0.39 is 5.92 Å². The molecule has 1 aromatic carbocycles. The second-order valence-electron chi connectivity index (χ2n) is 3.99. The third-order valence-corrected chi connectivity index (χ3v) is 2.56. The van der Waals surface area contributed by atoms with Crippen LogP contribution in [0.25, 0.3) is 0 Å². The van der Waals surface area contributed by atoms with E-state index in [9.17, 15) is 8.78 Å². The average molecular weight is 213 g/mol. The van der Waals surface area contributed by atoms with Gasteiger partial charge in [0, 0.05) is 12.5 Å². The number of rotatable bonds is 4. The Balaban J connectivity index is 2.92. The predicted molar refractivity (Wildman–Crippen MR) is 58.1 cm³/mol. The summed E-state index contributed by atoms with van der Waals surface area (Å²) in [5, 5.41) is 0. The SMILES string of the molecule is CC(CCN)c1cccc(C(C)(F)F)c1.